The van der Waals surface area contributed by atoms with Gasteiger partial charge < -0.3 is 19.5 Å². The second-order valence-corrected chi connectivity index (χ2v) is 11.4. The van der Waals surface area contributed by atoms with Crippen molar-refractivity contribution >= 4 is 29.2 Å². The molecule has 214 valence electrons. The van der Waals surface area contributed by atoms with E-state index in [9.17, 15) is 14.0 Å². The molecule has 6 nitrogen and oxygen atoms in total. The summed E-state index contributed by atoms with van der Waals surface area (Å²) >= 11 is 6.14. The maximum absolute atomic E-state index is 14.7. The number of alkyl carbamates (subject to hydrolysis) is 1. The Morgan fingerprint density at radius 2 is 1.79 bits per heavy atom. The van der Waals surface area contributed by atoms with Gasteiger partial charge in [-0.1, -0.05) is 37.2 Å². The third-order valence-electron chi connectivity index (χ3n) is 6.27. The Kier molecular flexibility index (Phi) is 11.6. The molecule has 0 radical (unpaired) electrons. The fraction of sp³-hybridized carbons (Fsp3) is 0.484. The number of ether oxygens (including phenoxy) is 3. The summed E-state index contributed by atoms with van der Waals surface area (Å²) in [5.41, 5.74) is 1.92. The number of hydrogen-bond acceptors (Lipinski definition) is 5. The van der Waals surface area contributed by atoms with Crippen LogP contribution in [0.5, 0.6) is 0 Å². The molecule has 0 aromatic heterocycles. The van der Waals surface area contributed by atoms with E-state index < -0.39 is 29.1 Å². The van der Waals surface area contributed by atoms with E-state index in [-0.39, 0.29) is 25.5 Å². The molecule has 0 saturated heterocycles. The molecule has 2 atom stereocenters. The number of carbonyl (C=O) groups is 2. The number of hydrogen-bond donors (Lipinski definition) is 1. The Hall–Kier alpha value is -2.90. The Labute approximate surface area is 236 Å². The zero-order valence-electron chi connectivity index (χ0n) is 24.1. The molecule has 39 heavy (non-hydrogen) atoms. The van der Waals surface area contributed by atoms with E-state index in [1.165, 1.54) is 19.2 Å². The van der Waals surface area contributed by atoms with E-state index in [0.717, 1.165) is 16.7 Å². The molecule has 2 aromatic rings. The van der Waals surface area contributed by atoms with Crippen molar-refractivity contribution in [3.63, 3.8) is 0 Å². The number of esters is 1. The molecule has 0 bridgehead atoms. The summed E-state index contributed by atoms with van der Waals surface area (Å²) in [5.74, 6) is -0.790. The summed E-state index contributed by atoms with van der Waals surface area (Å²) in [7, 11) is 1.52. The van der Waals surface area contributed by atoms with Crippen LogP contribution in [0.25, 0.3) is 16.7 Å². The van der Waals surface area contributed by atoms with Gasteiger partial charge in [0.15, 0.2) is 0 Å². The van der Waals surface area contributed by atoms with Crippen molar-refractivity contribution in [1.82, 2.24) is 5.32 Å². The van der Waals surface area contributed by atoms with Gasteiger partial charge in [0.05, 0.1) is 18.6 Å². The predicted molar refractivity (Wildman–Crippen MR) is 154 cm³/mol. The number of carbonyl (C=O) groups excluding carboxylic acids is 2. The van der Waals surface area contributed by atoms with Crippen LogP contribution >= 0.6 is 11.6 Å². The second kappa shape index (κ2) is 13.9. The Morgan fingerprint density at radius 3 is 2.38 bits per heavy atom. The van der Waals surface area contributed by atoms with E-state index in [0.29, 0.717) is 29.0 Å². The zero-order chi connectivity index (χ0) is 29.4. The summed E-state index contributed by atoms with van der Waals surface area (Å²) < 4.78 is 30.9. The fourth-order valence-corrected chi connectivity index (χ4v) is 4.62. The molecule has 0 spiro atoms. The van der Waals surface area contributed by atoms with Crippen molar-refractivity contribution in [3.8, 4) is 11.1 Å². The second-order valence-electron chi connectivity index (χ2n) is 10.9. The van der Waals surface area contributed by atoms with Gasteiger partial charge >= 0.3 is 12.1 Å². The summed E-state index contributed by atoms with van der Waals surface area (Å²) in [4.78, 5) is 25.8. The summed E-state index contributed by atoms with van der Waals surface area (Å²) in [6.07, 6.45) is 0.680. The lowest BCUT2D eigenvalue weighted by Gasteiger charge is -2.32. The molecule has 8 heteroatoms. The molecular weight excluding hydrogens is 521 g/mol. The Morgan fingerprint density at radius 1 is 1.10 bits per heavy atom. The highest BCUT2D eigenvalue weighted by Gasteiger charge is 2.38. The number of amides is 1. The van der Waals surface area contributed by atoms with Crippen molar-refractivity contribution in [2.75, 3.05) is 20.3 Å². The number of allylic oxidation sites excluding steroid dienone is 1. The summed E-state index contributed by atoms with van der Waals surface area (Å²) in [5, 5.41) is 3.38. The van der Waals surface area contributed by atoms with Gasteiger partial charge in [0.25, 0.3) is 0 Å². The van der Waals surface area contributed by atoms with Gasteiger partial charge in [0, 0.05) is 23.7 Å². The lowest BCUT2D eigenvalue weighted by atomic mass is 9.81. The molecule has 1 N–H and O–H groups in total. The maximum Gasteiger partial charge on any atom is 0.407 e. The largest absolute Gasteiger partial charge is 0.466 e. The molecule has 0 unspecified atom stereocenters. The SMILES string of the molecule is C=C(CC)c1cc(-c2cc(Cl)ccc2F)ccc1C[C@H](C[C@@](C)(COC)C(=O)OCC)NC(=O)OC(C)(C)C. The standard InChI is InChI=1S/C31H41ClFNO5/c1-9-20(3)25-16-22(26-17-23(32)13-14-27(26)33)12-11-21(25)15-24(34-29(36)39-30(4,5)6)18-31(7,19-37-8)28(35)38-10-2/h11-14,16-17,24H,3,9-10,15,18-19H2,1-2,4-8H3,(H,34,36)/t24-,31+/m1/s1. The molecule has 2 aromatic carbocycles. The minimum atomic E-state index is -1.02. The third-order valence-corrected chi connectivity index (χ3v) is 6.51. The van der Waals surface area contributed by atoms with Gasteiger partial charge in [-0.25, -0.2) is 9.18 Å². The van der Waals surface area contributed by atoms with E-state index in [2.05, 4.69) is 11.9 Å². The van der Waals surface area contributed by atoms with E-state index in [4.69, 9.17) is 25.8 Å². The minimum absolute atomic E-state index is 0.111. The van der Waals surface area contributed by atoms with Crippen LogP contribution in [-0.4, -0.2) is 44.0 Å². The molecule has 0 aliphatic rings. The van der Waals surface area contributed by atoms with Crippen molar-refractivity contribution in [1.29, 1.82) is 0 Å². The van der Waals surface area contributed by atoms with Gasteiger partial charge in [-0.15, -0.1) is 0 Å². The van der Waals surface area contributed by atoms with E-state index in [1.54, 1.807) is 40.7 Å². The maximum atomic E-state index is 14.7. The first kappa shape index (κ1) is 32.3. The fourth-order valence-electron chi connectivity index (χ4n) is 4.44. The van der Waals surface area contributed by atoms with Crippen LogP contribution in [0.3, 0.4) is 0 Å². The van der Waals surface area contributed by atoms with E-state index in [1.807, 2.05) is 25.1 Å². The quantitative estimate of drug-likeness (QED) is 0.270. The number of halogens is 2. The number of rotatable bonds is 12. The Bertz CT molecular complexity index is 1180. The van der Waals surface area contributed by atoms with Crippen LogP contribution in [0.2, 0.25) is 5.02 Å². The van der Waals surface area contributed by atoms with Crippen molar-refractivity contribution < 1.29 is 28.2 Å². The van der Waals surface area contributed by atoms with Gasteiger partial charge in [-0.05, 0) is 100 Å². The van der Waals surface area contributed by atoms with Crippen molar-refractivity contribution in [3.05, 3.63) is 64.9 Å². The van der Waals surface area contributed by atoms with Crippen molar-refractivity contribution in [2.24, 2.45) is 5.41 Å². The van der Waals surface area contributed by atoms with Crippen LogP contribution in [0.15, 0.2) is 43.0 Å². The summed E-state index contributed by atoms with van der Waals surface area (Å²) in [6.45, 7) is 15.4. The lowest BCUT2D eigenvalue weighted by molar-refractivity contribution is -0.158. The highest BCUT2D eigenvalue weighted by molar-refractivity contribution is 6.30. The average Bonchev–Trinajstić information content (AvgIpc) is 2.84. The molecule has 1 amide bonds. The smallest absolute Gasteiger partial charge is 0.407 e. The first-order valence-corrected chi connectivity index (χ1v) is 13.5. The first-order valence-electron chi connectivity index (χ1n) is 13.1. The monoisotopic (exact) mass is 561 g/mol. The third kappa shape index (κ3) is 9.36. The van der Waals surface area contributed by atoms with Crippen LogP contribution in [0.1, 0.15) is 65.5 Å². The van der Waals surface area contributed by atoms with Gasteiger partial charge in [0.2, 0.25) is 0 Å². The van der Waals surface area contributed by atoms with Crippen molar-refractivity contribution in [2.45, 2.75) is 72.4 Å². The van der Waals surface area contributed by atoms with E-state index >= 15 is 0 Å². The predicted octanol–water partition coefficient (Wildman–Crippen LogP) is 7.61. The van der Waals surface area contributed by atoms with Crippen LogP contribution in [0.4, 0.5) is 9.18 Å². The number of nitrogens with one attached hydrogen (secondary N) is 1. The molecular formula is C31H41ClFNO5. The minimum Gasteiger partial charge on any atom is -0.466 e. The summed E-state index contributed by atoms with van der Waals surface area (Å²) in [6, 6.07) is 9.53. The van der Waals surface area contributed by atoms with Crippen LogP contribution in [0, 0.1) is 11.2 Å². The molecule has 0 aliphatic heterocycles. The number of benzene rings is 2. The first-order chi connectivity index (χ1) is 18.2. The van der Waals surface area contributed by atoms with Gasteiger partial charge in [-0.3, -0.25) is 4.79 Å². The molecule has 0 saturated carbocycles. The lowest BCUT2D eigenvalue weighted by Crippen LogP contribution is -2.46. The average molecular weight is 562 g/mol. The van der Waals surface area contributed by atoms with Crippen LogP contribution < -0.4 is 5.32 Å². The number of methoxy groups -OCH3 is 1. The van der Waals surface area contributed by atoms with Gasteiger partial charge in [-0.2, -0.15) is 0 Å². The van der Waals surface area contributed by atoms with Gasteiger partial charge in [0.1, 0.15) is 11.4 Å². The Balaban J connectivity index is 2.53. The topological polar surface area (TPSA) is 73.9 Å². The molecule has 0 heterocycles. The normalized spacial score (nSPS) is 13.8. The molecule has 2 rings (SSSR count). The highest BCUT2D eigenvalue weighted by atomic mass is 35.5. The molecule has 0 aliphatic carbocycles. The highest BCUT2D eigenvalue weighted by Crippen LogP contribution is 2.33. The van der Waals surface area contributed by atoms with Crippen LogP contribution in [-0.2, 0) is 25.4 Å². The zero-order valence-corrected chi connectivity index (χ0v) is 24.8. The molecule has 0 fully saturated rings.